The van der Waals surface area contributed by atoms with Gasteiger partial charge < -0.3 is 4.74 Å². The first-order valence-electron chi connectivity index (χ1n) is 8.19. The molecule has 134 valence electrons. The van der Waals surface area contributed by atoms with Crippen LogP contribution < -0.4 is 10.1 Å². The lowest BCUT2D eigenvalue weighted by Crippen LogP contribution is -2.20. The number of hydrogen-bond acceptors (Lipinski definition) is 4. The predicted molar refractivity (Wildman–Crippen MR) is 106 cm³/mol. The maximum atomic E-state index is 12.1. The van der Waals surface area contributed by atoms with Gasteiger partial charge in [-0.05, 0) is 49.2 Å². The molecule has 0 fully saturated rings. The van der Waals surface area contributed by atoms with Gasteiger partial charge in [-0.25, -0.2) is 4.98 Å². The van der Waals surface area contributed by atoms with E-state index in [1.165, 1.54) is 11.3 Å². The average Bonchev–Trinajstić information content (AvgIpc) is 2.94. The number of nitrogens with one attached hydrogen (secondary N) is 1. The van der Waals surface area contributed by atoms with Crippen molar-refractivity contribution in [3.05, 3.63) is 75.3 Å². The Morgan fingerprint density at radius 3 is 2.69 bits per heavy atom. The summed E-state index contributed by atoms with van der Waals surface area (Å²) in [5.74, 6) is 0.456. The molecule has 0 aliphatic carbocycles. The van der Waals surface area contributed by atoms with Crippen LogP contribution in [0.2, 0.25) is 5.02 Å². The van der Waals surface area contributed by atoms with Crippen molar-refractivity contribution in [2.45, 2.75) is 20.3 Å². The molecule has 0 aliphatic heterocycles. The van der Waals surface area contributed by atoms with Crippen molar-refractivity contribution in [1.29, 1.82) is 0 Å². The molecule has 1 N–H and O–H groups in total. The Balaban J connectivity index is 1.58. The van der Waals surface area contributed by atoms with Gasteiger partial charge in [0.1, 0.15) is 5.75 Å². The minimum absolute atomic E-state index is 0.0470. The van der Waals surface area contributed by atoms with Crippen molar-refractivity contribution in [3.63, 3.8) is 0 Å². The predicted octanol–water partition coefficient (Wildman–Crippen LogP) is 5.02. The van der Waals surface area contributed by atoms with Crippen LogP contribution in [0.15, 0.2) is 48.5 Å². The van der Waals surface area contributed by atoms with E-state index in [1.807, 2.05) is 62.4 Å². The lowest BCUT2D eigenvalue weighted by molar-refractivity contribution is -0.118. The van der Waals surface area contributed by atoms with Gasteiger partial charge in [-0.3, -0.25) is 10.1 Å². The number of amides is 1. The van der Waals surface area contributed by atoms with Gasteiger partial charge in [-0.2, -0.15) is 0 Å². The number of benzene rings is 2. The third kappa shape index (κ3) is 5.07. The van der Waals surface area contributed by atoms with Crippen molar-refractivity contribution < 1.29 is 9.53 Å². The molecule has 2 aromatic carbocycles. The maximum Gasteiger partial charge on any atom is 0.264 e. The van der Waals surface area contributed by atoms with Crippen LogP contribution in [0.25, 0.3) is 0 Å². The third-order valence-corrected chi connectivity index (χ3v) is 5.10. The summed E-state index contributed by atoms with van der Waals surface area (Å²) in [6.45, 7) is 3.88. The minimum atomic E-state index is -0.224. The van der Waals surface area contributed by atoms with Gasteiger partial charge >= 0.3 is 0 Å². The first-order chi connectivity index (χ1) is 12.5. The molecule has 0 aliphatic rings. The summed E-state index contributed by atoms with van der Waals surface area (Å²) in [4.78, 5) is 17.7. The van der Waals surface area contributed by atoms with Crippen LogP contribution in [0.5, 0.6) is 5.75 Å². The smallest absolute Gasteiger partial charge is 0.264 e. The highest BCUT2D eigenvalue weighted by atomic mass is 35.5. The molecule has 0 saturated carbocycles. The van der Waals surface area contributed by atoms with Crippen LogP contribution >= 0.6 is 22.9 Å². The molecule has 0 unspecified atom stereocenters. The second-order valence-corrected chi connectivity index (χ2v) is 7.50. The number of hydrogen-bond donors (Lipinski definition) is 1. The number of carbonyl (C=O) groups is 1. The lowest BCUT2D eigenvalue weighted by atomic mass is 10.1. The van der Waals surface area contributed by atoms with Gasteiger partial charge in [0.05, 0.1) is 5.69 Å². The monoisotopic (exact) mass is 386 g/mol. The van der Waals surface area contributed by atoms with Crippen LogP contribution in [0.1, 0.15) is 21.7 Å². The summed E-state index contributed by atoms with van der Waals surface area (Å²) >= 11 is 7.40. The van der Waals surface area contributed by atoms with E-state index < -0.39 is 0 Å². The lowest BCUT2D eigenvalue weighted by Gasteiger charge is -2.06. The Bertz CT molecular complexity index is 906. The summed E-state index contributed by atoms with van der Waals surface area (Å²) in [6, 6.07) is 15.3. The van der Waals surface area contributed by atoms with Crippen molar-refractivity contribution in [2.24, 2.45) is 0 Å². The topological polar surface area (TPSA) is 51.2 Å². The van der Waals surface area contributed by atoms with Gasteiger partial charge in [-0.1, -0.05) is 35.9 Å². The number of anilines is 1. The van der Waals surface area contributed by atoms with Gasteiger partial charge in [0.25, 0.3) is 5.91 Å². The zero-order valence-corrected chi connectivity index (χ0v) is 16.2. The standard InChI is InChI=1S/C20H19ClN2O2S/c1-13-4-3-5-17(10-13)25-12-19(24)23-20-22-14(2)18(26-20)11-15-6-8-16(21)9-7-15/h3-10H,11-12H2,1-2H3,(H,22,23,24). The molecule has 0 radical (unpaired) electrons. The zero-order valence-electron chi connectivity index (χ0n) is 14.6. The van der Waals surface area contributed by atoms with Crippen LogP contribution in [0.4, 0.5) is 5.13 Å². The van der Waals surface area contributed by atoms with Crippen LogP contribution in [0, 0.1) is 13.8 Å². The van der Waals surface area contributed by atoms with Crippen LogP contribution in [0.3, 0.4) is 0 Å². The molecule has 26 heavy (non-hydrogen) atoms. The van der Waals surface area contributed by atoms with E-state index in [0.717, 1.165) is 33.1 Å². The highest BCUT2D eigenvalue weighted by Crippen LogP contribution is 2.25. The molecule has 0 bridgehead atoms. The summed E-state index contributed by atoms with van der Waals surface area (Å²) in [7, 11) is 0. The fraction of sp³-hybridized carbons (Fsp3) is 0.200. The molecular formula is C20H19ClN2O2S. The van der Waals surface area contributed by atoms with E-state index in [1.54, 1.807) is 0 Å². The maximum absolute atomic E-state index is 12.1. The summed E-state index contributed by atoms with van der Waals surface area (Å²) < 4.78 is 5.52. The average molecular weight is 387 g/mol. The number of aromatic nitrogens is 1. The SMILES string of the molecule is Cc1cccc(OCC(=O)Nc2nc(C)c(Cc3ccc(Cl)cc3)s2)c1. The summed E-state index contributed by atoms with van der Waals surface area (Å²) in [6.07, 6.45) is 0.760. The normalized spacial score (nSPS) is 10.6. The molecule has 0 saturated heterocycles. The number of halogens is 1. The fourth-order valence-corrected chi connectivity index (χ4v) is 3.58. The summed E-state index contributed by atoms with van der Waals surface area (Å²) in [5.41, 5.74) is 3.16. The Morgan fingerprint density at radius 1 is 1.19 bits per heavy atom. The van der Waals surface area contributed by atoms with Gasteiger partial charge in [0.15, 0.2) is 11.7 Å². The number of carbonyl (C=O) groups excluding carboxylic acids is 1. The van der Waals surface area contributed by atoms with Crippen molar-refractivity contribution in [3.8, 4) is 5.75 Å². The molecular weight excluding hydrogens is 368 g/mol. The molecule has 0 spiro atoms. The molecule has 1 aromatic heterocycles. The van der Waals surface area contributed by atoms with Crippen LogP contribution in [-0.4, -0.2) is 17.5 Å². The second-order valence-electron chi connectivity index (χ2n) is 5.98. The van der Waals surface area contributed by atoms with Gasteiger partial charge in [0, 0.05) is 16.3 Å². The van der Waals surface area contributed by atoms with Crippen LogP contribution in [-0.2, 0) is 11.2 Å². The number of rotatable bonds is 6. The Hall–Kier alpha value is -2.37. The van der Waals surface area contributed by atoms with E-state index in [2.05, 4.69) is 10.3 Å². The van der Waals surface area contributed by atoms with Gasteiger partial charge in [0.2, 0.25) is 0 Å². The Labute approximate surface area is 161 Å². The summed E-state index contributed by atoms with van der Waals surface area (Å²) in [5, 5.41) is 4.11. The van der Waals surface area contributed by atoms with E-state index >= 15 is 0 Å². The first kappa shape index (κ1) is 18.4. The quantitative estimate of drug-likeness (QED) is 0.647. The second kappa shape index (κ2) is 8.34. The fourth-order valence-electron chi connectivity index (χ4n) is 2.44. The first-order valence-corrected chi connectivity index (χ1v) is 9.39. The highest BCUT2D eigenvalue weighted by Gasteiger charge is 2.11. The molecule has 6 heteroatoms. The van der Waals surface area contributed by atoms with E-state index in [9.17, 15) is 4.79 Å². The number of nitrogens with zero attached hydrogens (tertiary/aromatic N) is 1. The molecule has 3 aromatic rings. The molecule has 1 heterocycles. The highest BCUT2D eigenvalue weighted by molar-refractivity contribution is 7.15. The molecule has 0 atom stereocenters. The van der Waals surface area contributed by atoms with E-state index in [0.29, 0.717) is 10.9 Å². The number of thiazole rings is 1. The van der Waals surface area contributed by atoms with Crippen molar-refractivity contribution >= 4 is 34.0 Å². The van der Waals surface area contributed by atoms with E-state index in [-0.39, 0.29) is 12.5 Å². The molecule has 3 rings (SSSR count). The van der Waals surface area contributed by atoms with Crippen molar-refractivity contribution in [2.75, 3.05) is 11.9 Å². The molecule has 4 nitrogen and oxygen atoms in total. The van der Waals surface area contributed by atoms with Gasteiger partial charge in [-0.15, -0.1) is 11.3 Å². The minimum Gasteiger partial charge on any atom is -0.484 e. The third-order valence-electron chi connectivity index (χ3n) is 3.78. The zero-order chi connectivity index (χ0) is 18.5. The largest absolute Gasteiger partial charge is 0.484 e. The number of ether oxygens (including phenoxy) is 1. The number of aryl methyl sites for hydroxylation is 2. The Kier molecular flexibility index (Phi) is 5.91. The van der Waals surface area contributed by atoms with Crippen molar-refractivity contribution in [1.82, 2.24) is 4.98 Å². The van der Waals surface area contributed by atoms with E-state index in [4.69, 9.17) is 16.3 Å². The molecule has 1 amide bonds. The Morgan fingerprint density at radius 2 is 1.96 bits per heavy atom.